The number of aliphatic imine (C=N–C) groups is 1. The van der Waals surface area contributed by atoms with E-state index in [1.807, 2.05) is 31.3 Å². The van der Waals surface area contributed by atoms with Gasteiger partial charge in [0.1, 0.15) is 5.56 Å². The first-order valence-electron chi connectivity index (χ1n) is 9.90. The van der Waals surface area contributed by atoms with Crippen LogP contribution in [-0.4, -0.2) is 31.9 Å². The van der Waals surface area contributed by atoms with E-state index in [1.165, 1.54) is 10.8 Å². The van der Waals surface area contributed by atoms with Gasteiger partial charge in [0.2, 0.25) is 5.88 Å². The number of rotatable bonds is 6. The number of aromatic hydroxyl groups is 1. The summed E-state index contributed by atoms with van der Waals surface area (Å²) in [5.74, 6) is -0.276. The SMILES string of the molecule is CCC(Cc1c[nH]c2ccccc12)N=Cc1c(O)n(-c2cccc(Cl)c2)c(=S)[nH]c1=O. The van der Waals surface area contributed by atoms with E-state index in [0.717, 1.165) is 22.9 Å². The van der Waals surface area contributed by atoms with E-state index in [0.29, 0.717) is 17.1 Å². The number of para-hydroxylation sites is 1. The molecule has 0 bridgehead atoms. The lowest BCUT2D eigenvalue weighted by atomic mass is 10.0. The topological polar surface area (TPSA) is 86.2 Å². The summed E-state index contributed by atoms with van der Waals surface area (Å²) in [5, 5.41) is 12.5. The van der Waals surface area contributed by atoms with Gasteiger partial charge in [-0.2, -0.15) is 0 Å². The summed E-state index contributed by atoms with van der Waals surface area (Å²) in [7, 11) is 0. The number of halogens is 1. The first-order chi connectivity index (χ1) is 15.0. The molecule has 0 saturated heterocycles. The minimum Gasteiger partial charge on any atom is -0.494 e. The highest BCUT2D eigenvalue weighted by Crippen LogP contribution is 2.23. The van der Waals surface area contributed by atoms with Crippen LogP contribution in [0, 0.1) is 4.77 Å². The molecule has 0 radical (unpaired) electrons. The lowest BCUT2D eigenvalue weighted by Crippen LogP contribution is -2.19. The molecule has 4 aromatic rings. The second-order valence-electron chi connectivity index (χ2n) is 7.22. The fourth-order valence-corrected chi connectivity index (χ4v) is 4.02. The quantitative estimate of drug-likeness (QED) is 0.278. The zero-order valence-corrected chi connectivity index (χ0v) is 18.4. The maximum Gasteiger partial charge on any atom is 0.264 e. The third-order valence-corrected chi connectivity index (χ3v) is 5.72. The van der Waals surface area contributed by atoms with Crippen LogP contribution in [0.5, 0.6) is 5.88 Å². The highest BCUT2D eigenvalue weighted by molar-refractivity contribution is 7.71. The zero-order chi connectivity index (χ0) is 22.0. The molecule has 0 aliphatic carbocycles. The molecule has 8 heteroatoms. The maximum absolute atomic E-state index is 12.5. The van der Waals surface area contributed by atoms with Crippen LogP contribution in [0.25, 0.3) is 16.6 Å². The van der Waals surface area contributed by atoms with Crippen LogP contribution < -0.4 is 5.56 Å². The molecule has 6 nitrogen and oxygen atoms in total. The summed E-state index contributed by atoms with van der Waals surface area (Å²) in [5.41, 5.74) is 2.34. The number of hydrogen-bond donors (Lipinski definition) is 3. The minimum atomic E-state index is -0.494. The highest BCUT2D eigenvalue weighted by Gasteiger charge is 2.14. The van der Waals surface area contributed by atoms with Crippen molar-refractivity contribution in [3.8, 4) is 11.6 Å². The fraction of sp³-hybridized carbons (Fsp3) is 0.174. The lowest BCUT2D eigenvalue weighted by Gasteiger charge is -2.12. The van der Waals surface area contributed by atoms with E-state index in [-0.39, 0.29) is 22.3 Å². The van der Waals surface area contributed by atoms with Crippen molar-refractivity contribution in [2.75, 3.05) is 0 Å². The maximum atomic E-state index is 12.5. The molecule has 2 aromatic heterocycles. The number of fused-ring (bicyclic) bond motifs is 1. The number of hydrogen-bond acceptors (Lipinski definition) is 4. The van der Waals surface area contributed by atoms with Crippen molar-refractivity contribution in [3.05, 3.63) is 86.0 Å². The van der Waals surface area contributed by atoms with Gasteiger partial charge in [-0.15, -0.1) is 0 Å². The van der Waals surface area contributed by atoms with Crippen LogP contribution in [0.1, 0.15) is 24.5 Å². The Hall–Kier alpha value is -3.16. The van der Waals surface area contributed by atoms with E-state index in [4.69, 9.17) is 23.8 Å². The molecule has 0 spiro atoms. The van der Waals surface area contributed by atoms with Gasteiger partial charge in [0.05, 0.1) is 11.7 Å². The van der Waals surface area contributed by atoms with Crippen molar-refractivity contribution in [2.45, 2.75) is 25.8 Å². The van der Waals surface area contributed by atoms with Gasteiger partial charge >= 0.3 is 0 Å². The second kappa shape index (κ2) is 8.91. The smallest absolute Gasteiger partial charge is 0.264 e. The van der Waals surface area contributed by atoms with Crippen LogP contribution in [0.15, 0.2) is 64.5 Å². The fourth-order valence-electron chi connectivity index (χ4n) is 3.55. The lowest BCUT2D eigenvalue weighted by molar-refractivity contribution is 0.432. The van der Waals surface area contributed by atoms with E-state index in [2.05, 4.69) is 21.0 Å². The summed E-state index contributed by atoms with van der Waals surface area (Å²) < 4.78 is 1.44. The Morgan fingerprint density at radius 1 is 1.26 bits per heavy atom. The standard InChI is InChI=1S/C23H21ClN4O2S/c1-2-16(10-14-12-26-20-9-4-3-8-18(14)20)25-13-19-21(29)27-23(31)28(22(19)30)17-7-5-6-15(24)11-17/h3-9,11-13,16,26,30H,2,10H2,1H3,(H,27,29,31). The van der Waals surface area contributed by atoms with Crippen molar-refractivity contribution in [2.24, 2.45) is 4.99 Å². The Kier molecular flexibility index (Phi) is 6.06. The molecule has 1 atom stereocenters. The van der Waals surface area contributed by atoms with Crippen molar-refractivity contribution in [1.82, 2.24) is 14.5 Å². The largest absolute Gasteiger partial charge is 0.494 e. The summed E-state index contributed by atoms with van der Waals surface area (Å²) in [4.78, 5) is 23.0. The molecule has 2 heterocycles. The molecule has 3 N–H and O–H groups in total. The monoisotopic (exact) mass is 452 g/mol. The van der Waals surface area contributed by atoms with E-state index in [9.17, 15) is 9.90 Å². The van der Waals surface area contributed by atoms with E-state index < -0.39 is 5.56 Å². The predicted molar refractivity (Wildman–Crippen MR) is 128 cm³/mol. The normalized spacial score (nSPS) is 12.6. The van der Waals surface area contributed by atoms with Crippen molar-refractivity contribution < 1.29 is 5.11 Å². The third kappa shape index (κ3) is 4.33. The second-order valence-corrected chi connectivity index (χ2v) is 8.04. The number of nitrogens with zero attached hydrogens (tertiary/aromatic N) is 2. The molecular formula is C23H21ClN4O2S. The number of nitrogens with one attached hydrogen (secondary N) is 2. The highest BCUT2D eigenvalue weighted by atomic mass is 35.5. The molecule has 0 amide bonds. The Balaban J connectivity index is 1.68. The molecule has 2 aromatic carbocycles. The molecule has 31 heavy (non-hydrogen) atoms. The molecule has 0 fully saturated rings. The molecule has 158 valence electrons. The first kappa shape index (κ1) is 21.1. The number of aromatic amines is 2. The van der Waals surface area contributed by atoms with Crippen molar-refractivity contribution in [1.29, 1.82) is 0 Å². The van der Waals surface area contributed by atoms with Gasteiger partial charge < -0.3 is 10.1 Å². The summed E-state index contributed by atoms with van der Waals surface area (Å²) in [6, 6.07) is 14.9. The third-order valence-electron chi connectivity index (χ3n) is 5.20. The number of benzene rings is 2. The Morgan fingerprint density at radius 2 is 2.06 bits per heavy atom. The Labute approximate surface area is 188 Å². The van der Waals surface area contributed by atoms with Crippen LogP contribution in [0.4, 0.5) is 0 Å². The molecule has 4 rings (SSSR count). The van der Waals surface area contributed by atoms with Crippen molar-refractivity contribution in [3.63, 3.8) is 0 Å². The van der Waals surface area contributed by atoms with Gasteiger partial charge in [-0.25, -0.2) is 0 Å². The minimum absolute atomic E-state index is 0.0472. The van der Waals surface area contributed by atoms with Crippen molar-refractivity contribution >= 4 is 40.9 Å². The average Bonchev–Trinajstić information content (AvgIpc) is 3.15. The van der Waals surface area contributed by atoms with E-state index >= 15 is 0 Å². The van der Waals surface area contributed by atoms with E-state index in [1.54, 1.807) is 24.3 Å². The molecule has 0 aliphatic heterocycles. The zero-order valence-electron chi connectivity index (χ0n) is 16.8. The molecule has 0 saturated carbocycles. The Bertz CT molecular complexity index is 1390. The Morgan fingerprint density at radius 3 is 2.84 bits per heavy atom. The first-order valence-corrected chi connectivity index (χ1v) is 10.7. The van der Waals surface area contributed by atoms with Crippen LogP contribution >= 0.6 is 23.8 Å². The van der Waals surface area contributed by atoms with Gasteiger partial charge in [-0.05, 0) is 54.9 Å². The molecule has 1 unspecified atom stereocenters. The van der Waals surface area contributed by atoms with Gasteiger partial charge in [-0.3, -0.25) is 19.3 Å². The summed E-state index contributed by atoms with van der Waals surface area (Å²) in [6.45, 7) is 2.04. The summed E-state index contributed by atoms with van der Waals surface area (Å²) >= 11 is 11.3. The predicted octanol–water partition coefficient (Wildman–Crippen LogP) is 5.18. The van der Waals surface area contributed by atoms with Crippen LogP contribution in [0.3, 0.4) is 0 Å². The van der Waals surface area contributed by atoms with Crippen LogP contribution in [-0.2, 0) is 6.42 Å². The van der Waals surface area contributed by atoms with Gasteiger partial charge in [0.15, 0.2) is 4.77 Å². The van der Waals surface area contributed by atoms with Gasteiger partial charge in [0, 0.05) is 28.3 Å². The molecule has 0 aliphatic rings. The molecular weight excluding hydrogens is 432 g/mol. The van der Waals surface area contributed by atoms with Gasteiger partial charge in [-0.1, -0.05) is 42.8 Å². The van der Waals surface area contributed by atoms with Crippen LogP contribution in [0.2, 0.25) is 5.02 Å². The average molecular weight is 453 g/mol. The number of aromatic nitrogens is 3. The summed E-state index contributed by atoms with van der Waals surface area (Å²) in [6.07, 6.45) is 4.91. The number of H-pyrrole nitrogens is 2. The van der Waals surface area contributed by atoms with Gasteiger partial charge in [0.25, 0.3) is 5.56 Å².